The number of nitrogens with one attached hydrogen (secondary N) is 1. The molecule has 0 aromatic heterocycles. The van der Waals surface area contributed by atoms with Crippen LogP contribution in [0.5, 0.6) is 0 Å². The van der Waals surface area contributed by atoms with E-state index < -0.39 is 0 Å². The molecule has 15 heavy (non-hydrogen) atoms. The average Bonchev–Trinajstić information content (AvgIpc) is 2.25. The van der Waals surface area contributed by atoms with E-state index in [4.69, 9.17) is 10.5 Å². The lowest BCUT2D eigenvalue weighted by molar-refractivity contribution is 0.619. The lowest BCUT2D eigenvalue weighted by Crippen LogP contribution is -1.98. The maximum Gasteiger partial charge on any atom is 0.237 e. The molecule has 1 N–H and O–H groups in total. The van der Waals surface area contributed by atoms with Crippen LogP contribution in [-0.2, 0) is 0 Å². The van der Waals surface area contributed by atoms with Crippen molar-refractivity contribution in [3.63, 3.8) is 0 Å². The Labute approximate surface area is 86.3 Å². The van der Waals surface area contributed by atoms with Crippen LogP contribution in [-0.4, -0.2) is 5.71 Å². The Balaban J connectivity index is 2.93. The summed E-state index contributed by atoms with van der Waals surface area (Å²) in [6.45, 7) is 1.58. The molecular weight excluding hydrogens is 195 g/mol. The molecule has 0 aliphatic heterocycles. The highest BCUT2D eigenvalue weighted by molar-refractivity contribution is 6.10. The van der Waals surface area contributed by atoms with Gasteiger partial charge in [0, 0.05) is 5.56 Å². The fraction of sp³-hybridized carbons (Fsp3) is 0.100. The number of hydrogen-bond acceptors (Lipinski definition) is 4. The maximum absolute atomic E-state index is 13.0. The molecule has 1 aromatic carbocycles. The van der Waals surface area contributed by atoms with Crippen LogP contribution in [0, 0.1) is 35.4 Å². The number of hydrazone groups is 1. The zero-order valence-electron chi connectivity index (χ0n) is 7.95. The van der Waals surface area contributed by atoms with Crippen LogP contribution in [0.25, 0.3) is 0 Å². The monoisotopic (exact) mass is 202 g/mol. The molecule has 4 nitrogen and oxygen atoms in total. The van der Waals surface area contributed by atoms with E-state index in [0.29, 0.717) is 11.3 Å². The van der Waals surface area contributed by atoms with Crippen molar-refractivity contribution in [1.29, 1.82) is 10.5 Å². The third-order valence-corrected chi connectivity index (χ3v) is 1.77. The summed E-state index contributed by atoms with van der Waals surface area (Å²) in [4.78, 5) is 0. The molecule has 0 spiro atoms. The molecule has 0 fully saturated rings. The van der Waals surface area contributed by atoms with E-state index >= 15 is 0 Å². The minimum atomic E-state index is -0.370. The van der Waals surface area contributed by atoms with E-state index in [1.54, 1.807) is 25.1 Å². The number of nitriles is 2. The molecule has 0 aliphatic carbocycles. The molecule has 0 atom stereocenters. The lowest BCUT2D eigenvalue weighted by Gasteiger charge is -2.04. The SMILES string of the molecule is Cc1c(F)cccc1NN=C(C#N)C#N. The number of nitrogens with zero attached hydrogens (tertiary/aromatic N) is 3. The molecule has 0 saturated heterocycles. The molecule has 1 rings (SSSR count). The Bertz CT molecular complexity index is 463. The van der Waals surface area contributed by atoms with Crippen LogP contribution in [0.15, 0.2) is 23.3 Å². The molecular formula is C10H7FN4. The van der Waals surface area contributed by atoms with E-state index in [0.717, 1.165) is 0 Å². The summed E-state index contributed by atoms with van der Waals surface area (Å²) in [6, 6.07) is 7.61. The number of rotatable bonds is 2. The second-order valence-corrected chi connectivity index (χ2v) is 2.71. The Morgan fingerprint density at radius 3 is 2.67 bits per heavy atom. The largest absolute Gasteiger partial charge is 0.276 e. The fourth-order valence-electron chi connectivity index (χ4n) is 0.920. The highest BCUT2D eigenvalue weighted by Gasteiger charge is 2.02. The summed E-state index contributed by atoms with van der Waals surface area (Å²) in [7, 11) is 0. The quantitative estimate of drug-likeness (QED) is 0.588. The van der Waals surface area contributed by atoms with Crippen molar-refractivity contribution in [2.75, 3.05) is 5.43 Å². The van der Waals surface area contributed by atoms with Crippen molar-refractivity contribution in [3.05, 3.63) is 29.6 Å². The molecule has 0 amide bonds. The Morgan fingerprint density at radius 2 is 2.07 bits per heavy atom. The molecule has 0 radical (unpaired) electrons. The normalized spacial score (nSPS) is 8.53. The first-order valence-corrected chi connectivity index (χ1v) is 4.08. The molecule has 0 heterocycles. The predicted molar refractivity (Wildman–Crippen MR) is 53.4 cm³/mol. The summed E-state index contributed by atoms with van der Waals surface area (Å²) >= 11 is 0. The Morgan fingerprint density at radius 1 is 1.40 bits per heavy atom. The Kier molecular flexibility index (Phi) is 3.37. The Hall–Kier alpha value is -2.40. The smallest absolute Gasteiger partial charge is 0.237 e. The fourth-order valence-corrected chi connectivity index (χ4v) is 0.920. The van der Waals surface area contributed by atoms with Gasteiger partial charge in [-0.15, -0.1) is 0 Å². The molecule has 0 aliphatic rings. The van der Waals surface area contributed by atoms with Gasteiger partial charge >= 0.3 is 0 Å². The highest BCUT2D eigenvalue weighted by Crippen LogP contribution is 2.17. The summed E-state index contributed by atoms with van der Waals surface area (Å²) in [5, 5.41) is 20.3. The van der Waals surface area contributed by atoms with E-state index in [-0.39, 0.29) is 11.5 Å². The van der Waals surface area contributed by atoms with E-state index in [1.165, 1.54) is 12.1 Å². The third kappa shape index (κ3) is 2.52. The van der Waals surface area contributed by atoms with Gasteiger partial charge in [-0.3, -0.25) is 5.43 Å². The zero-order valence-corrected chi connectivity index (χ0v) is 7.95. The number of benzene rings is 1. The van der Waals surface area contributed by atoms with Crippen molar-refractivity contribution in [3.8, 4) is 12.1 Å². The van der Waals surface area contributed by atoms with Crippen molar-refractivity contribution in [2.24, 2.45) is 5.10 Å². The first-order chi connectivity index (χ1) is 7.19. The maximum atomic E-state index is 13.0. The van der Waals surface area contributed by atoms with Gasteiger partial charge in [-0.2, -0.15) is 15.6 Å². The van der Waals surface area contributed by atoms with Crippen molar-refractivity contribution >= 4 is 11.4 Å². The molecule has 74 valence electrons. The molecule has 0 saturated carbocycles. The van der Waals surface area contributed by atoms with Crippen LogP contribution in [0.4, 0.5) is 10.1 Å². The predicted octanol–water partition coefficient (Wildman–Crippen LogP) is 1.95. The molecule has 0 bridgehead atoms. The molecule has 0 unspecified atom stereocenters. The first-order valence-electron chi connectivity index (χ1n) is 4.08. The minimum absolute atomic E-state index is 0.307. The standard InChI is InChI=1S/C10H7FN4/c1-7-9(11)3-2-4-10(7)15-14-8(5-12)6-13/h2-4,15H,1H3. The number of anilines is 1. The molecule has 1 aromatic rings. The number of hydrogen-bond donors (Lipinski definition) is 1. The summed E-state index contributed by atoms with van der Waals surface area (Å²) in [5.41, 5.74) is 2.97. The van der Waals surface area contributed by atoms with Gasteiger partial charge in [-0.1, -0.05) is 6.07 Å². The summed E-state index contributed by atoms with van der Waals surface area (Å²) in [6.07, 6.45) is 0. The van der Waals surface area contributed by atoms with Crippen molar-refractivity contribution < 1.29 is 4.39 Å². The van der Waals surface area contributed by atoms with E-state index in [1.807, 2.05) is 0 Å². The van der Waals surface area contributed by atoms with Crippen molar-refractivity contribution in [2.45, 2.75) is 6.92 Å². The van der Waals surface area contributed by atoms with Crippen LogP contribution in [0.3, 0.4) is 0 Å². The summed E-state index contributed by atoms with van der Waals surface area (Å²) in [5.74, 6) is -0.370. The van der Waals surface area contributed by atoms with Crippen LogP contribution in [0.2, 0.25) is 0 Å². The zero-order chi connectivity index (χ0) is 11.3. The second-order valence-electron chi connectivity index (χ2n) is 2.71. The van der Waals surface area contributed by atoms with E-state index in [2.05, 4.69) is 10.5 Å². The third-order valence-electron chi connectivity index (χ3n) is 1.77. The van der Waals surface area contributed by atoms with Crippen molar-refractivity contribution in [1.82, 2.24) is 0 Å². The van der Waals surface area contributed by atoms with Gasteiger partial charge in [0.05, 0.1) is 5.69 Å². The van der Waals surface area contributed by atoms with Gasteiger partial charge < -0.3 is 0 Å². The number of halogens is 1. The second kappa shape index (κ2) is 4.73. The van der Waals surface area contributed by atoms with Gasteiger partial charge in [0.1, 0.15) is 18.0 Å². The van der Waals surface area contributed by atoms with Gasteiger partial charge in [0.15, 0.2) is 0 Å². The summed E-state index contributed by atoms with van der Waals surface area (Å²) < 4.78 is 13.0. The van der Waals surface area contributed by atoms with Crippen LogP contribution in [0.1, 0.15) is 5.56 Å². The molecule has 5 heteroatoms. The lowest BCUT2D eigenvalue weighted by atomic mass is 10.2. The van der Waals surface area contributed by atoms with Gasteiger partial charge in [-0.05, 0) is 19.1 Å². The highest BCUT2D eigenvalue weighted by atomic mass is 19.1. The van der Waals surface area contributed by atoms with Crippen LogP contribution >= 0.6 is 0 Å². The van der Waals surface area contributed by atoms with Crippen LogP contribution < -0.4 is 5.43 Å². The topological polar surface area (TPSA) is 72.0 Å². The van der Waals surface area contributed by atoms with E-state index in [9.17, 15) is 4.39 Å². The average molecular weight is 202 g/mol. The van der Waals surface area contributed by atoms with Gasteiger partial charge in [-0.25, -0.2) is 4.39 Å². The van der Waals surface area contributed by atoms with Gasteiger partial charge in [0.2, 0.25) is 5.71 Å². The first kappa shape index (κ1) is 10.7. The van der Waals surface area contributed by atoms with Gasteiger partial charge in [0.25, 0.3) is 0 Å². The minimum Gasteiger partial charge on any atom is -0.276 e.